The molecule has 0 radical (unpaired) electrons. The van der Waals surface area contributed by atoms with Crippen LogP contribution in [0.4, 0.5) is 0 Å². The lowest BCUT2D eigenvalue weighted by atomic mass is 10.1. The van der Waals surface area contributed by atoms with Crippen molar-refractivity contribution in [3.05, 3.63) is 23.5 Å². The van der Waals surface area contributed by atoms with Crippen molar-refractivity contribution in [1.29, 1.82) is 0 Å². The monoisotopic (exact) mass is 368 g/mol. The van der Waals surface area contributed by atoms with E-state index >= 15 is 0 Å². The quantitative estimate of drug-likeness (QED) is 0.601. The van der Waals surface area contributed by atoms with Crippen LogP contribution in [0.1, 0.15) is 35.4 Å². The number of nitrogens with zero attached hydrogens (tertiary/aromatic N) is 1. The van der Waals surface area contributed by atoms with E-state index in [0.717, 1.165) is 19.3 Å². The van der Waals surface area contributed by atoms with Crippen LogP contribution >= 0.6 is 0 Å². The predicted molar refractivity (Wildman–Crippen MR) is 87.6 cm³/mol. The third-order valence-electron chi connectivity index (χ3n) is 4.20. The Labute approximate surface area is 145 Å². The Kier molecular flexibility index (Phi) is 4.61. The van der Waals surface area contributed by atoms with Gasteiger partial charge in [-0.3, -0.25) is 4.79 Å². The molecule has 3 rings (SSSR count). The molecule has 0 spiro atoms. The van der Waals surface area contributed by atoms with Crippen LogP contribution in [-0.4, -0.2) is 44.0 Å². The molecule has 1 aromatic carbocycles. The molecule has 0 unspecified atom stereocenters. The molecule has 2 heterocycles. The van der Waals surface area contributed by atoms with Crippen LogP contribution in [0.3, 0.4) is 0 Å². The number of aryl methyl sites for hydroxylation is 1. The van der Waals surface area contributed by atoms with Crippen molar-refractivity contribution in [3.63, 3.8) is 0 Å². The minimum absolute atomic E-state index is 0.0256. The van der Waals surface area contributed by atoms with Gasteiger partial charge in [0.1, 0.15) is 11.3 Å². The molecule has 1 amide bonds. The van der Waals surface area contributed by atoms with Crippen LogP contribution in [0.15, 0.2) is 16.5 Å². The predicted octanol–water partition coefficient (Wildman–Crippen LogP) is 2.21. The van der Waals surface area contributed by atoms with Crippen molar-refractivity contribution >= 4 is 27.3 Å². The van der Waals surface area contributed by atoms with Gasteiger partial charge in [-0.05, 0) is 32.3 Å². The fraction of sp³-hybridized carbons (Fsp3) is 0.438. The minimum atomic E-state index is -4.98. The Hall–Kier alpha value is -2.26. The Morgan fingerprint density at radius 1 is 1.20 bits per heavy atom. The summed E-state index contributed by atoms with van der Waals surface area (Å²) in [5.74, 6) is -0.0251. The summed E-state index contributed by atoms with van der Waals surface area (Å²) >= 11 is 0. The van der Waals surface area contributed by atoms with E-state index in [1.807, 2.05) is 0 Å². The van der Waals surface area contributed by atoms with E-state index in [9.17, 15) is 17.8 Å². The zero-order valence-electron chi connectivity index (χ0n) is 13.9. The highest BCUT2D eigenvalue weighted by Crippen LogP contribution is 2.37. The van der Waals surface area contributed by atoms with Crippen LogP contribution in [0.25, 0.3) is 11.0 Å². The summed E-state index contributed by atoms with van der Waals surface area (Å²) in [6, 6.07) is 2.69. The van der Waals surface area contributed by atoms with E-state index in [1.54, 1.807) is 11.8 Å². The van der Waals surface area contributed by atoms with Gasteiger partial charge < -0.3 is 22.8 Å². The van der Waals surface area contributed by atoms with Crippen molar-refractivity contribution in [1.82, 2.24) is 4.90 Å². The molecule has 136 valence electrons. The summed E-state index contributed by atoms with van der Waals surface area (Å²) in [5, 5.41) is 0.382. The number of likely N-dealkylation sites (tertiary alicyclic amines) is 1. The standard InChI is InChI=1S/C16H19NO7S/c1-10-15(16(18)17-6-4-3-5-7-17)11-8-14(24-25(19,20)21)13(22-2)9-12(11)23-10/h8-9H,3-7H2,1-2H3,(H,19,20,21)/p-1. The number of amides is 1. The molecule has 1 aromatic heterocycles. The lowest BCUT2D eigenvalue weighted by Gasteiger charge is -2.26. The third-order valence-corrected chi connectivity index (χ3v) is 4.58. The molecule has 0 saturated carbocycles. The molecule has 1 aliphatic rings. The molecule has 0 aliphatic carbocycles. The molecule has 8 nitrogen and oxygen atoms in total. The molecular formula is C16H18NO7S-. The van der Waals surface area contributed by atoms with Crippen molar-refractivity contribution in [3.8, 4) is 11.5 Å². The normalized spacial score (nSPS) is 15.4. The van der Waals surface area contributed by atoms with Gasteiger partial charge in [-0.2, -0.15) is 0 Å². The number of hydrogen-bond donors (Lipinski definition) is 0. The van der Waals surface area contributed by atoms with E-state index in [4.69, 9.17) is 9.15 Å². The van der Waals surface area contributed by atoms with Crippen molar-refractivity contribution < 1.29 is 31.1 Å². The molecule has 2 aromatic rings. The topological polar surface area (TPSA) is 109 Å². The lowest BCUT2D eigenvalue weighted by Crippen LogP contribution is -2.35. The van der Waals surface area contributed by atoms with E-state index in [0.29, 0.717) is 35.4 Å². The number of methoxy groups -OCH3 is 1. The molecule has 0 bridgehead atoms. The average Bonchev–Trinajstić information content (AvgIpc) is 2.87. The van der Waals surface area contributed by atoms with Gasteiger partial charge in [0, 0.05) is 24.5 Å². The summed E-state index contributed by atoms with van der Waals surface area (Å²) in [7, 11) is -3.67. The molecule has 1 fully saturated rings. The summed E-state index contributed by atoms with van der Waals surface area (Å²) in [5.41, 5.74) is 0.693. The fourth-order valence-electron chi connectivity index (χ4n) is 3.08. The fourth-order valence-corrected chi connectivity index (χ4v) is 3.43. The first-order valence-corrected chi connectivity index (χ1v) is 9.19. The largest absolute Gasteiger partial charge is 0.716 e. The maximum atomic E-state index is 12.9. The smallest absolute Gasteiger partial charge is 0.262 e. The highest BCUT2D eigenvalue weighted by atomic mass is 32.3. The van der Waals surface area contributed by atoms with Crippen LogP contribution in [0.5, 0.6) is 11.5 Å². The van der Waals surface area contributed by atoms with Crippen LogP contribution in [-0.2, 0) is 10.4 Å². The van der Waals surface area contributed by atoms with Crippen molar-refractivity contribution in [2.24, 2.45) is 0 Å². The number of carbonyl (C=O) groups excluding carboxylic acids is 1. The summed E-state index contributed by atoms with van der Waals surface area (Å²) < 4.78 is 47.9. The van der Waals surface area contributed by atoms with Crippen LogP contribution in [0, 0.1) is 6.92 Å². The Morgan fingerprint density at radius 2 is 1.88 bits per heavy atom. The molecule has 1 saturated heterocycles. The minimum Gasteiger partial charge on any atom is -0.716 e. The van der Waals surface area contributed by atoms with Gasteiger partial charge in [0.05, 0.1) is 12.7 Å². The number of piperidine rings is 1. The zero-order chi connectivity index (χ0) is 18.2. The van der Waals surface area contributed by atoms with Crippen molar-refractivity contribution in [2.45, 2.75) is 26.2 Å². The first-order valence-electron chi connectivity index (χ1n) is 7.86. The SMILES string of the molecule is COc1cc2oc(C)c(C(=O)N3CCCCC3)c2cc1OS(=O)(=O)[O-]. The van der Waals surface area contributed by atoms with Gasteiger partial charge in [-0.25, -0.2) is 8.42 Å². The second-order valence-corrected chi connectivity index (χ2v) is 6.86. The number of rotatable bonds is 4. The zero-order valence-corrected chi connectivity index (χ0v) is 14.7. The maximum absolute atomic E-state index is 12.9. The Bertz CT molecular complexity index is 910. The van der Waals surface area contributed by atoms with Gasteiger partial charge in [0.25, 0.3) is 16.3 Å². The number of fused-ring (bicyclic) bond motifs is 1. The first kappa shape index (κ1) is 17.6. The van der Waals surface area contributed by atoms with Crippen LogP contribution < -0.4 is 8.92 Å². The van der Waals surface area contributed by atoms with Crippen LogP contribution in [0.2, 0.25) is 0 Å². The first-order chi connectivity index (χ1) is 11.8. The Balaban J connectivity index is 2.11. The highest BCUT2D eigenvalue weighted by molar-refractivity contribution is 7.81. The van der Waals surface area contributed by atoms with E-state index in [-0.39, 0.29) is 17.4 Å². The van der Waals surface area contributed by atoms with Gasteiger partial charge in [0.15, 0.2) is 11.5 Å². The lowest BCUT2D eigenvalue weighted by molar-refractivity contribution is 0.0724. The summed E-state index contributed by atoms with van der Waals surface area (Å²) in [6.07, 6.45) is 2.97. The number of hydrogen-bond acceptors (Lipinski definition) is 7. The average molecular weight is 368 g/mol. The molecule has 0 atom stereocenters. The molecule has 25 heavy (non-hydrogen) atoms. The molecule has 9 heteroatoms. The summed E-state index contributed by atoms with van der Waals surface area (Å²) in [6.45, 7) is 2.99. The van der Waals surface area contributed by atoms with Gasteiger partial charge in [-0.15, -0.1) is 0 Å². The number of furan rings is 1. The van der Waals surface area contributed by atoms with Gasteiger partial charge in [0.2, 0.25) is 0 Å². The van der Waals surface area contributed by atoms with Crippen molar-refractivity contribution in [2.75, 3.05) is 20.2 Å². The molecule has 0 N–H and O–H groups in total. The van der Waals surface area contributed by atoms with Gasteiger partial charge >= 0.3 is 0 Å². The Morgan fingerprint density at radius 3 is 2.48 bits per heavy atom. The van der Waals surface area contributed by atoms with E-state index in [2.05, 4.69) is 4.18 Å². The highest BCUT2D eigenvalue weighted by Gasteiger charge is 2.26. The third kappa shape index (κ3) is 3.57. The van der Waals surface area contributed by atoms with E-state index in [1.165, 1.54) is 19.2 Å². The maximum Gasteiger partial charge on any atom is 0.262 e. The summed E-state index contributed by atoms with van der Waals surface area (Å²) in [4.78, 5) is 14.6. The molecule has 1 aliphatic heterocycles. The molecular weight excluding hydrogens is 350 g/mol. The second kappa shape index (κ2) is 6.57. The number of ether oxygens (including phenoxy) is 1. The van der Waals surface area contributed by atoms with E-state index < -0.39 is 10.4 Å². The second-order valence-electron chi connectivity index (χ2n) is 5.88. The van der Waals surface area contributed by atoms with Gasteiger partial charge in [-0.1, -0.05) is 0 Å². The number of benzene rings is 1. The number of carbonyl (C=O) groups is 1.